The molecular weight excluding hydrogens is 510 g/mol. The maximum atomic E-state index is 12.2. The van der Waals surface area contributed by atoms with E-state index in [0.29, 0.717) is 44.8 Å². The molecule has 0 bridgehead atoms. The van der Waals surface area contributed by atoms with Crippen LogP contribution in [0.3, 0.4) is 0 Å². The Balaban J connectivity index is 1.67. The van der Waals surface area contributed by atoms with Gasteiger partial charge in [0.05, 0.1) is 5.69 Å². The van der Waals surface area contributed by atoms with Gasteiger partial charge < -0.3 is 19.4 Å². The van der Waals surface area contributed by atoms with Crippen LogP contribution in [0.15, 0.2) is 73.0 Å². The van der Waals surface area contributed by atoms with Gasteiger partial charge in [-0.15, -0.1) is 0 Å². The topological polar surface area (TPSA) is 61.8 Å². The number of hydrogen-bond acceptors (Lipinski definition) is 6. The standard InChI is InChI=1S/C34H47N5O2/c1-8-12-26(10-3)23-41-33-35-29-22-27(39-24-34(6,7)17-16-25(5)30(39)13-9-2)14-15-28(29)32(36-33)38-20-18-37(19-21-38)31(40)11-4/h8-13,27H,1,3-4,14-24H2,2,5-7H3/b13-9-,26-12+. The molecule has 1 unspecified atom stereocenters. The van der Waals surface area contributed by atoms with E-state index in [9.17, 15) is 4.79 Å². The van der Waals surface area contributed by atoms with Crippen molar-refractivity contribution in [2.75, 3.05) is 44.2 Å². The van der Waals surface area contributed by atoms with E-state index >= 15 is 0 Å². The van der Waals surface area contributed by atoms with Crippen molar-refractivity contribution in [2.45, 2.75) is 65.8 Å². The van der Waals surface area contributed by atoms with Crippen LogP contribution in [0.4, 0.5) is 5.82 Å². The zero-order valence-electron chi connectivity index (χ0n) is 25.5. The van der Waals surface area contributed by atoms with Gasteiger partial charge in [0.25, 0.3) is 0 Å². The van der Waals surface area contributed by atoms with Crippen molar-refractivity contribution in [3.05, 3.63) is 84.3 Å². The molecule has 1 fully saturated rings. The van der Waals surface area contributed by atoms with Gasteiger partial charge in [0.1, 0.15) is 12.4 Å². The summed E-state index contributed by atoms with van der Waals surface area (Å²) in [5.41, 5.74) is 6.26. The van der Waals surface area contributed by atoms with Crippen LogP contribution < -0.4 is 9.64 Å². The normalized spacial score (nSPS) is 21.4. The minimum Gasteiger partial charge on any atom is -0.459 e. The van der Waals surface area contributed by atoms with Crippen molar-refractivity contribution in [3.63, 3.8) is 0 Å². The van der Waals surface area contributed by atoms with Crippen molar-refractivity contribution >= 4 is 11.7 Å². The SMILES string of the molecule is C=C/C=C(\C=C)COc1nc2c(c(N3CCN(C(=O)C=C)CC3)n1)CCC(N1CC(C)(C)CCC(C)=C1/C=C\C)C2. The number of aromatic nitrogens is 2. The second-order valence-electron chi connectivity index (χ2n) is 12.1. The van der Waals surface area contributed by atoms with E-state index in [4.69, 9.17) is 14.7 Å². The highest BCUT2D eigenvalue weighted by atomic mass is 16.5. The van der Waals surface area contributed by atoms with E-state index in [0.717, 1.165) is 49.3 Å². The number of nitrogens with zero attached hydrogens (tertiary/aromatic N) is 5. The molecule has 3 heterocycles. The van der Waals surface area contributed by atoms with Crippen LogP contribution in [0.1, 0.15) is 58.2 Å². The lowest BCUT2D eigenvalue weighted by atomic mass is 9.85. The maximum Gasteiger partial charge on any atom is 0.318 e. The molecule has 3 aliphatic rings. The van der Waals surface area contributed by atoms with Crippen LogP contribution in [0, 0.1) is 5.41 Å². The zero-order valence-corrected chi connectivity index (χ0v) is 25.5. The van der Waals surface area contributed by atoms with Gasteiger partial charge in [0.2, 0.25) is 5.91 Å². The van der Waals surface area contributed by atoms with Gasteiger partial charge in [-0.1, -0.05) is 57.9 Å². The molecule has 0 spiro atoms. The summed E-state index contributed by atoms with van der Waals surface area (Å²) in [4.78, 5) is 28.9. The fourth-order valence-electron chi connectivity index (χ4n) is 6.14. The van der Waals surface area contributed by atoms with Gasteiger partial charge in [-0.25, -0.2) is 0 Å². The quantitative estimate of drug-likeness (QED) is 0.282. The molecule has 41 heavy (non-hydrogen) atoms. The number of amides is 1. The number of piperazine rings is 1. The van der Waals surface area contributed by atoms with Crippen LogP contribution >= 0.6 is 0 Å². The molecule has 1 aliphatic carbocycles. The average Bonchev–Trinajstić information content (AvgIpc) is 3.09. The van der Waals surface area contributed by atoms with Crippen LogP contribution in [0.2, 0.25) is 0 Å². The summed E-state index contributed by atoms with van der Waals surface area (Å²) in [5.74, 6) is 0.923. The maximum absolute atomic E-state index is 12.2. The Labute approximate surface area is 246 Å². The highest BCUT2D eigenvalue weighted by Gasteiger charge is 2.35. The molecule has 7 heteroatoms. The number of anilines is 1. The number of hydrogen-bond donors (Lipinski definition) is 0. The van der Waals surface area contributed by atoms with Crippen molar-refractivity contribution in [1.82, 2.24) is 19.8 Å². The first kappa shape index (κ1) is 30.4. The van der Waals surface area contributed by atoms with Gasteiger partial charge in [-0.2, -0.15) is 9.97 Å². The number of carbonyl (C=O) groups excluding carboxylic acids is 1. The van der Waals surface area contributed by atoms with Crippen LogP contribution in [-0.4, -0.2) is 71.0 Å². The molecule has 4 rings (SSSR count). The first-order valence-corrected chi connectivity index (χ1v) is 14.9. The minimum atomic E-state index is -0.0205. The summed E-state index contributed by atoms with van der Waals surface area (Å²) in [6.07, 6.45) is 16.4. The smallest absolute Gasteiger partial charge is 0.318 e. The van der Waals surface area contributed by atoms with Crippen LogP contribution in [0.25, 0.3) is 0 Å². The lowest BCUT2D eigenvalue weighted by Gasteiger charge is -2.42. The number of carbonyl (C=O) groups is 1. The summed E-state index contributed by atoms with van der Waals surface area (Å²) in [5, 5.41) is 0. The third kappa shape index (κ3) is 7.19. The number of rotatable bonds is 9. The Kier molecular flexibility index (Phi) is 9.90. The third-order valence-electron chi connectivity index (χ3n) is 8.52. The average molecular weight is 558 g/mol. The van der Waals surface area contributed by atoms with Crippen molar-refractivity contribution in [3.8, 4) is 6.01 Å². The first-order valence-electron chi connectivity index (χ1n) is 14.9. The second-order valence-corrected chi connectivity index (χ2v) is 12.1. The molecule has 1 atom stereocenters. The summed E-state index contributed by atoms with van der Waals surface area (Å²) in [6.45, 7) is 24.6. The van der Waals surface area contributed by atoms with Crippen LogP contribution in [0.5, 0.6) is 6.01 Å². The highest BCUT2D eigenvalue weighted by Crippen LogP contribution is 2.39. The molecule has 220 valence electrons. The summed E-state index contributed by atoms with van der Waals surface area (Å²) >= 11 is 0. The highest BCUT2D eigenvalue weighted by molar-refractivity contribution is 5.87. The van der Waals surface area contributed by atoms with Crippen molar-refractivity contribution in [1.29, 1.82) is 0 Å². The number of allylic oxidation sites excluding steroid dienone is 5. The first-order chi connectivity index (χ1) is 19.7. The predicted octanol–water partition coefficient (Wildman–Crippen LogP) is 5.82. The Hall–Kier alpha value is -3.61. The Morgan fingerprint density at radius 3 is 2.51 bits per heavy atom. The van der Waals surface area contributed by atoms with Gasteiger partial charge >= 0.3 is 6.01 Å². The van der Waals surface area contributed by atoms with E-state index in [1.54, 1.807) is 12.2 Å². The van der Waals surface area contributed by atoms with Crippen molar-refractivity contribution in [2.24, 2.45) is 5.41 Å². The van der Waals surface area contributed by atoms with Gasteiger partial charge in [0, 0.05) is 56.4 Å². The Bertz CT molecular complexity index is 1250. The van der Waals surface area contributed by atoms with Gasteiger partial charge in [-0.05, 0) is 68.2 Å². The van der Waals surface area contributed by atoms with Gasteiger partial charge in [0.15, 0.2) is 0 Å². The lowest BCUT2D eigenvalue weighted by molar-refractivity contribution is -0.126. The summed E-state index contributed by atoms with van der Waals surface area (Å²) in [6, 6.07) is 0.737. The van der Waals surface area contributed by atoms with E-state index in [1.807, 2.05) is 11.0 Å². The number of fused-ring (bicyclic) bond motifs is 1. The Morgan fingerprint density at radius 2 is 1.85 bits per heavy atom. The third-order valence-corrected chi connectivity index (χ3v) is 8.52. The van der Waals surface area contributed by atoms with E-state index in [1.165, 1.54) is 29.3 Å². The molecule has 2 aliphatic heterocycles. The zero-order chi connectivity index (χ0) is 29.6. The van der Waals surface area contributed by atoms with E-state index in [2.05, 4.69) is 69.4 Å². The largest absolute Gasteiger partial charge is 0.459 e. The second kappa shape index (κ2) is 13.4. The summed E-state index contributed by atoms with van der Waals surface area (Å²) < 4.78 is 6.15. The molecule has 1 aromatic rings. The van der Waals surface area contributed by atoms with Crippen molar-refractivity contribution < 1.29 is 9.53 Å². The molecule has 0 N–H and O–H groups in total. The molecule has 1 amide bonds. The summed E-state index contributed by atoms with van der Waals surface area (Å²) in [7, 11) is 0. The molecule has 0 aromatic carbocycles. The molecular formula is C34H47N5O2. The number of ether oxygens (including phenoxy) is 1. The molecule has 0 radical (unpaired) electrons. The molecule has 7 nitrogen and oxygen atoms in total. The van der Waals surface area contributed by atoms with Crippen LogP contribution in [-0.2, 0) is 17.6 Å². The van der Waals surface area contributed by atoms with Gasteiger partial charge in [-0.3, -0.25) is 4.79 Å². The minimum absolute atomic E-state index is 0.0205. The fraction of sp³-hybridized carbons (Fsp3) is 0.500. The monoisotopic (exact) mass is 557 g/mol. The fourth-order valence-corrected chi connectivity index (χ4v) is 6.14. The van der Waals surface area contributed by atoms with E-state index < -0.39 is 0 Å². The molecule has 1 saturated heterocycles. The Morgan fingerprint density at radius 1 is 1.10 bits per heavy atom. The predicted molar refractivity (Wildman–Crippen MR) is 168 cm³/mol. The molecule has 1 aromatic heterocycles. The lowest BCUT2D eigenvalue weighted by Crippen LogP contribution is -2.49. The van der Waals surface area contributed by atoms with E-state index in [-0.39, 0.29) is 11.3 Å². The molecule has 0 saturated carbocycles.